The van der Waals surface area contributed by atoms with E-state index in [-0.39, 0.29) is 5.60 Å². The summed E-state index contributed by atoms with van der Waals surface area (Å²) >= 11 is 0. The van der Waals surface area contributed by atoms with E-state index in [0.29, 0.717) is 31.5 Å². The SMILES string of the molecule is CC(C)(C)OCC(O)CN1CCCC(N2CCCC2=O)C1. The van der Waals surface area contributed by atoms with Gasteiger partial charge in [-0.1, -0.05) is 0 Å². The minimum absolute atomic E-state index is 0.215. The van der Waals surface area contributed by atoms with Gasteiger partial charge in [0.05, 0.1) is 18.3 Å². The average molecular weight is 298 g/mol. The summed E-state index contributed by atoms with van der Waals surface area (Å²) in [6, 6.07) is 0.337. The third-order valence-corrected chi connectivity index (χ3v) is 4.21. The fourth-order valence-electron chi connectivity index (χ4n) is 3.20. The van der Waals surface area contributed by atoms with Gasteiger partial charge in [-0.2, -0.15) is 0 Å². The van der Waals surface area contributed by atoms with E-state index in [1.165, 1.54) is 0 Å². The zero-order valence-electron chi connectivity index (χ0n) is 13.7. The van der Waals surface area contributed by atoms with E-state index in [9.17, 15) is 9.90 Å². The van der Waals surface area contributed by atoms with Crippen molar-refractivity contribution in [3.63, 3.8) is 0 Å². The zero-order valence-corrected chi connectivity index (χ0v) is 13.7. The summed E-state index contributed by atoms with van der Waals surface area (Å²) < 4.78 is 5.64. The van der Waals surface area contributed by atoms with Gasteiger partial charge in [0.2, 0.25) is 5.91 Å². The van der Waals surface area contributed by atoms with Crippen LogP contribution in [0.4, 0.5) is 0 Å². The van der Waals surface area contributed by atoms with Crippen molar-refractivity contribution in [2.75, 3.05) is 32.8 Å². The summed E-state index contributed by atoms with van der Waals surface area (Å²) in [4.78, 5) is 16.2. The molecule has 0 aromatic rings. The van der Waals surface area contributed by atoms with Gasteiger partial charge >= 0.3 is 0 Å². The molecule has 0 bridgehead atoms. The number of ether oxygens (including phenoxy) is 1. The maximum atomic E-state index is 11.9. The number of hydrogen-bond donors (Lipinski definition) is 1. The maximum Gasteiger partial charge on any atom is 0.222 e. The normalized spacial score (nSPS) is 26.4. The Hall–Kier alpha value is -0.650. The minimum Gasteiger partial charge on any atom is -0.389 e. The van der Waals surface area contributed by atoms with E-state index in [0.717, 1.165) is 38.9 Å². The predicted octanol–water partition coefficient (Wildman–Crippen LogP) is 1.25. The second-order valence-corrected chi connectivity index (χ2v) is 7.32. The van der Waals surface area contributed by atoms with Crippen molar-refractivity contribution in [2.24, 2.45) is 0 Å². The summed E-state index contributed by atoms with van der Waals surface area (Å²) in [6.07, 6.45) is 3.44. The highest BCUT2D eigenvalue weighted by Crippen LogP contribution is 2.21. The molecule has 122 valence electrons. The molecule has 0 aliphatic carbocycles. The van der Waals surface area contributed by atoms with Crippen LogP contribution in [0.5, 0.6) is 0 Å². The van der Waals surface area contributed by atoms with Crippen LogP contribution in [0.15, 0.2) is 0 Å². The minimum atomic E-state index is -0.461. The molecule has 5 nitrogen and oxygen atoms in total. The van der Waals surface area contributed by atoms with Crippen LogP contribution < -0.4 is 0 Å². The van der Waals surface area contributed by atoms with Gasteiger partial charge in [-0.3, -0.25) is 9.69 Å². The van der Waals surface area contributed by atoms with E-state index in [1.807, 2.05) is 25.7 Å². The van der Waals surface area contributed by atoms with Gasteiger partial charge in [0, 0.05) is 32.1 Å². The number of nitrogens with zero attached hydrogens (tertiary/aromatic N) is 2. The molecule has 0 radical (unpaired) electrons. The number of carbonyl (C=O) groups is 1. The molecule has 1 N–H and O–H groups in total. The van der Waals surface area contributed by atoms with Crippen molar-refractivity contribution in [3.8, 4) is 0 Å². The summed E-state index contributed by atoms with van der Waals surface area (Å²) in [5.74, 6) is 0.304. The second kappa shape index (κ2) is 7.07. The highest BCUT2D eigenvalue weighted by Gasteiger charge is 2.31. The van der Waals surface area contributed by atoms with Crippen LogP contribution in [0.3, 0.4) is 0 Å². The molecule has 2 fully saturated rings. The fourth-order valence-corrected chi connectivity index (χ4v) is 3.20. The summed E-state index contributed by atoms with van der Waals surface area (Å²) in [6.45, 7) is 9.79. The van der Waals surface area contributed by atoms with E-state index < -0.39 is 6.10 Å². The Bertz CT molecular complexity index is 354. The third-order valence-electron chi connectivity index (χ3n) is 4.21. The Morgan fingerprint density at radius 3 is 2.71 bits per heavy atom. The highest BCUT2D eigenvalue weighted by atomic mass is 16.5. The molecule has 2 unspecified atom stereocenters. The van der Waals surface area contributed by atoms with Crippen LogP contribution in [-0.2, 0) is 9.53 Å². The van der Waals surface area contributed by atoms with Crippen molar-refractivity contribution in [1.82, 2.24) is 9.80 Å². The Morgan fingerprint density at radius 2 is 2.10 bits per heavy atom. The molecule has 2 heterocycles. The van der Waals surface area contributed by atoms with Crippen LogP contribution >= 0.6 is 0 Å². The molecule has 5 heteroatoms. The number of aliphatic hydroxyl groups is 1. The number of piperidine rings is 1. The average Bonchev–Trinajstić information content (AvgIpc) is 2.82. The number of aliphatic hydroxyl groups excluding tert-OH is 1. The molecule has 21 heavy (non-hydrogen) atoms. The topological polar surface area (TPSA) is 53.0 Å². The van der Waals surface area contributed by atoms with Crippen LogP contribution in [0.1, 0.15) is 46.5 Å². The molecular formula is C16H30N2O3. The van der Waals surface area contributed by atoms with E-state index in [4.69, 9.17) is 4.74 Å². The van der Waals surface area contributed by atoms with E-state index in [1.54, 1.807) is 0 Å². The van der Waals surface area contributed by atoms with Gasteiger partial charge in [-0.05, 0) is 46.6 Å². The van der Waals surface area contributed by atoms with E-state index >= 15 is 0 Å². The van der Waals surface area contributed by atoms with Crippen molar-refractivity contribution in [2.45, 2.75) is 64.2 Å². The first-order chi connectivity index (χ1) is 9.85. The smallest absolute Gasteiger partial charge is 0.222 e. The van der Waals surface area contributed by atoms with Gasteiger partial charge in [0.1, 0.15) is 0 Å². The van der Waals surface area contributed by atoms with Crippen molar-refractivity contribution < 1.29 is 14.6 Å². The standard InChI is InChI=1S/C16H30N2O3/c1-16(2,3)21-12-14(19)11-17-8-4-6-13(10-17)18-9-5-7-15(18)20/h13-14,19H,4-12H2,1-3H3. The molecule has 1 amide bonds. The van der Waals surface area contributed by atoms with Crippen LogP contribution in [0.2, 0.25) is 0 Å². The first-order valence-corrected chi connectivity index (χ1v) is 8.19. The number of carbonyl (C=O) groups excluding carboxylic acids is 1. The first kappa shape index (κ1) is 16.7. The monoisotopic (exact) mass is 298 g/mol. The van der Waals surface area contributed by atoms with Crippen LogP contribution in [-0.4, -0.2) is 71.3 Å². The number of amides is 1. The van der Waals surface area contributed by atoms with Crippen molar-refractivity contribution in [1.29, 1.82) is 0 Å². The number of rotatable bonds is 5. The molecule has 2 aliphatic heterocycles. The number of β-amino-alcohol motifs (C(OH)–C–C–N with tert-alkyl or cyclic N) is 1. The van der Waals surface area contributed by atoms with Gasteiger partial charge in [-0.25, -0.2) is 0 Å². The molecular weight excluding hydrogens is 268 g/mol. The number of hydrogen-bond acceptors (Lipinski definition) is 4. The van der Waals surface area contributed by atoms with E-state index in [2.05, 4.69) is 4.90 Å². The number of likely N-dealkylation sites (tertiary alicyclic amines) is 2. The van der Waals surface area contributed by atoms with Gasteiger partial charge < -0.3 is 14.7 Å². The lowest BCUT2D eigenvalue weighted by molar-refractivity contribution is -0.130. The lowest BCUT2D eigenvalue weighted by Crippen LogP contribution is -2.50. The Balaban J connectivity index is 1.77. The third kappa shape index (κ3) is 5.24. The van der Waals surface area contributed by atoms with Crippen molar-refractivity contribution >= 4 is 5.91 Å². The molecule has 2 aliphatic rings. The predicted molar refractivity (Wildman–Crippen MR) is 82.1 cm³/mol. The van der Waals surface area contributed by atoms with Crippen LogP contribution in [0.25, 0.3) is 0 Å². The molecule has 0 aromatic carbocycles. The largest absolute Gasteiger partial charge is 0.389 e. The van der Waals surface area contributed by atoms with Crippen LogP contribution in [0, 0.1) is 0 Å². The molecule has 2 atom stereocenters. The molecule has 2 saturated heterocycles. The summed E-state index contributed by atoms with van der Waals surface area (Å²) in [5.41, 5.74) is -0.215. The second-order valence-electron chi connectivity index (χ2n) is 7.32. The molecule has 0 aromatic heterocycles. The molecule has 0 spiro atoms. The van der Waals surface area contributed by atoms with Crippen molar-refractivity contribution in [3.05, 3.63) is 0 Å². The maximum absolute atomic E-state index is 11.9. The fraction of sp³-hybridized carbons (Fsp3) is 0.938. The quantitative estimate of drug-likeness (QED) is 0.830. The van der Waals surface area contributed by atoms with Gasteiger partial charge in [0.25, 0.3) is 0 Å². The Labute approximate surface area is 128 Å². The zero-order chi connectivity index (χ0) is 15.5. The lowest BCUT2D eigenvalue weighted by atomic mass is 10.0. The first-order valence-electron chi connectivity index (χ1n) is 8.19. The highest BCUT2D eigenvalue weighted by molar-refractivity contribution is 5.78. The van der Waals surface area contributed by atoms with Gasteiger partial charge in [0.15, 0.2) is 0 Å². The van der Waals surface area contributed by atoms with Gasteiger partial charge in [-0.15, -0.1) is 0 Å². The lowest BCUT2D eigenvalue weighted by Gasteiger charge is -2.38. The summed E-state index contributed by atoms with van der Waals surface area (Å²) in [7, 11) is 0. The molecule has 0 saturated carbocycles. The Kier molecular flexibility index (Phi) is 5.63. The Morgan fingerprint density at radius 1 is 1.33 bits per heavy atom. The summed E-state index contributed by atoms with van der Waals surface area (Å²) in [5, 5.41) is 10.1. The molecule has 2 rings (SSSR count).